The molecule has 1 N–H and O–H groups in total. The van der Waals surface area contributed by atoms with E-state index in [0.717, 1.165) is 12.1 Å². The minimum Gasteiger partial charge on any atom is -0.326 e. The second kappa shape index (κ2) is 6.94. The number of alkyl halides is 3. The number of carbonyl (C=O) groups excluding carboxylic acids is 2. The molecule has 0 spiro atoms. The van der Waals surface area contributed by atoms with E-state index < -0.39 is 23.1 Å². The van der Waals surface area contributed by atoms with Crippen LogP contribution in [-0.2, 0) is 11.0 Å². The van der Waals surface area contributed by atoms with Crippen molar-refractivity contribution >= 4 is 17.4 Å². The summed E-state index contributed by atoms with van der Waals surface area (Å²) in [6.07, 6.45) is -4.64. The average molecular weight is 315 g/mol. The standard InChI is InChI=1S/C16H20F3NO2/c1-5-14(21)12-8-11(6-7-13(12)16(17,18)19)20-15(22)10(4)9(2)3/h6-10H,5H2,1-4H3,(H,20,22). The SMILES string of the molecule is CCC(=O)c1cc(NC(=O)C(C)C(C)C)ccc1C(F)(F)F. The van der Waals surface area contributed by atoms with Crippen molar-refractivity contribution in [2.75, 3.05) is 5.32 Å². The first-order valence-electron chi connectivity index (χ1n) is 7.13. The number of benzene rings is 1. The van der Waals surface area contributed by atoms with Gasteiger partial charge >= 0.3 is 6.18 Å². The highest BCUT2D eigenvalue weighted by molar-refractivity contribution is 6.00. The maximum Gasteiger partial charge on any atom is 0.417 e. The topological polar surface area (TPSA) is 46.2 Å². The van der Waals surface area contributed by atoms with Gasteiger partial charge in [0, 0.05) is 23.6 Å². The third-order valence-corrected chi connectivity index (χ3v) is 3.63. The monoisotopic (exact) mass is 315 g/mol. The molecule has 0 aliphatic heterocycles. The van der Waals surface area contributed by atoms with E-state index in [1.165, 1.54) is 13.0 Å². The van der Waals surface area contributed by atoms with Gasteiger partial charge in [0.15, 0.2) is 5.78 Å². The van der Waals surface area contributed by atoms with Gasteiger partial charge in [-0.2, -0.15) is 13.2 Å². The molecule has 0 radical (unpaired) electrons. The zero-order valence-electron chi connectivity index (χ0n) is 13.0. The van der Waals surface area contributed by atoms with Crippen molar-refractivity contribution in [2.45, 2.75) is 40.3 Å². The molecule has 6 heteroatoms. The molecule has 122 valence electrons. The molecule has 3 nitrogen and oxygen atoms in total. The van der Waals surface area contributed by atoms with Gasteiger partial charge in [0.25, 0.3) is 0 Å². The number of hydrogen-bond acceptors (Lipinski definition) is 2. The summed E-state index contributed by atoms with van der Waals surface area (Å²) in [6, 6.07) is 3.10. The number of Topliss-reactive ketones (excluding diaryl/α,β-unsaturated/α-hetero) is 1. The Balaban J connectivity index is 3.15. The number of anilines is 1. The zero-order chi connectivity index (χ0) is 17.1. The minimum atomic E-state index is -4.60. The molecular weight excluding hydrogens is 295 g/mol. The minimum absolute atomic E-state index is 0.0388. The largest absolute Gasteiger partial charge is 0.417 e. The summed E-state index contributed by atoms with van der Waals surface area (Å²) in [4.78, 5) is 23.7. The van der Waals surface area contributed by atoms with E-state index in [-0.39, 0.29) is 29.9 Å². The Kier molecular flexibility index (Phi) is 5.74. The Hall–Kier alpha value is -1.85. The summed E-state index contributed by atoms with van der Waals surface area (Å²) >= 11 is 0. The van der Waals surface area contributed by atoms with E-state index in [9.17, 15) is 22.8 Å². The lowest BCUT2D eigenvalue weighted by Crippen LogP contribution is -2.24. The average Bonchev–Trinajstić information content (AvgIpc) is 2.44. The predicted molar refractivity (Wildman–Crippen MR) is 78.7 cm³/mol. The molecule has 22 heavy (non-hydrogen) atoms. The number of amides is 1. The summed E-state index contributed by atoms with van der Waals surface area (Å²) in [5.74, 6) is -1.08. The van der Waals surface area contributed by atoms with Crippen LogP contribution < -0.4 is 5.32 Å². The lowest BCUT2D eigenvalue weighted by Gasteiger charge is -2.17. The second-order valence-corrected chi connectivity index (χ2v) is 5.56. The summed E-state index contributed by atoms with van der Waals surface area (Å²) in [5.41, 5.74) is -1.19. The molecule has 1 aromatic carbocycles. The molecule has 1 aromatic rings. The molecule has 1 rings (SSSR count). The Labute approximate surface area is 127 Å². The smallest absolute Gasteiger partial charge is 0.326 e. The van der Waals surface area contributed by atoms with Crippen LogP contribution in [0.4, 0.5) is 18.9 Å². The highest BCUT2D eigenvalue weighted by atomic mass is 19.4. The number of hydrogen-bond donors (Lipinski definition) is 1. The number of carbonyl (C=O) groups is 2. The number of rotatable bonds is 5. The van der Waals surface area contributed by atoms with Crippen LogP contribution in [-0.4, -0.2) is 11.7 Å². The van der Waals surface area contributed by atoms with Crippen LogP contribution in [0.2, 0.25) is 0 Å². The van der Waals surface area contributed by atoms with E-state index >= 15 is 0 Å². The number of nitrogens with one attached hydrogen (secondary N) is 1. The lowest BCUT2D eigenvalue weighted by atomic mass is 9.96. The predicted octanol–water partition coefficient (Wildman–Crippen LogP) is 4.53. The van der Waals surface area contributed by atoms with E-state index in [0.29, 0.717) is 0 Å². The molecule has 0 aromatic heterocycles. The van der Waals surface area contributed by atoms with Crippen molar-refractivity contribution in [3.8, 4) is 0 Å². The van der Waals surface area contributed by atoms with Crippen LogP contribution in [0.5, 0.6) is 0 Å². The summed E-state index contributed by atoms with van der Waals surface area (Å²) in [6.45, 7) is 6.99. The molecule has 0 heterocycles. The fraction of sp³-hybridized carbons (Fsp3) is 0.500. The van der Waals surface area contributed by atoms with Gasteiger partial charge in [-0.3, -0.25) is 9.59 Å². The van der Waals surface area contributed by atoms with Gasteiger partial charge in [-0.1, -0.05) is 27.7 Å². The van der Waals surface area contributed by atoms with Gasteiger partial charge in [0.05, 0.1) is 5.56 Å². The van der Waals surface area contributed by atoms with Gasteiger partial charge in [-0.25, -0.2) is 0 Å². The lowest BCUT2D eigenvalue weighted by molar-refractivity contribution is -0.137. The van der Waals surface area contributed by atoms with Crippen LogP contribution >= 0.6 is 0 Å². The molecule has 1 amide bonds. The first-order chi connectivity index (χ1) is 10.1. The maximum atomic E-state index is 12.9. The van der Waals surface area contributed by atoms with Gasteiger partial charge in [-0.15, -0.1) is 0 Å². The van der Waals surface area contributed by atoms with Crippen LogP contribution in [0.1, 0.15) is 50.0 Å². The van der Waals surface area contributed by atoms with Crippen LogP contribution in [0.15, 0.2) is 18.2 Å². The van der Waals surface area contributed by atoms with Crippen molar-refractivity contribution < 1.29 is 22.8 Å². The Morgan fingerprint density at radius 3 is 2.23 bits per heavy atom. The molecule has 0 aliphatic rings. The zero-order valence-corrected chi connectivity index (χ0v) is 13.0. The Morgan fingerprint density at radius 1 is 1.18 bits per heavy atom. The highest BCUT2D eigenvalue weighted by Crippen LogP contribution is 2.34. The van der Waals surface area contributed by atoms with E-state index in [2.05, 4.69) is 5.32 Å². The van der Waals surface area contributed by atoms with Crippen molar-refractivity contribution in [1.29, 1.82) is 0 Å². The fourth-order valence-electron chi connectivity index (χ4n) is 1.85. The molecule has 1 atom stereocenters. The summed E-state index contributed by atoms with van der Waals surface area (Å²) < 4.78 is 38.8. The number of halogens is 3. The van der Waals surface area contributed by atoms with Crippen molar-refractivity contribution in [1.82, 2.24) is 0 Å². The van der Waals surface area contributed by atoms with Crippen LogP contribution in [0.3, 0.4) is 0 Å². The first kappa shape index (κ1) is 18.2. The first-order valence-corrected chi connectivity index (χ1v) is 7.13. The molecule has 0 saturated carbocycles. The van der Waals surface area contributed by atoms with Crippen molar-refractivity contribution in [3.63, 3.8) is 0 Å². The quantitative estimate of drug-likeness (QED) is 0.812. The third kappa shape index (κ3) is 4.32. The Morgan fingerprint density at radius 2 is 1.77 bits per heavy atom. The van der Waals surface area contributed by atoms with Crippen LogP contribution in [0.25, 0.3) is 0 Å². The van der Waals surface area contributed by atoms with Gasteiger partial charge in [-0.05, 0) is 24.1 Å². The van der Waals surface area contributed by atoms with Crippen molar-refractivity contribution in [2.24, 2.45) is 11.8 Å². The molecule has 1 unspecified atom stereocenters. The highest BCUT2D eigenvalue weighted by Gasteiger charge is 2.35. The Bertz CT molecular complexity index is 565. The van der Waals surface area contributed by atoms with E-state index in [1.807, 2.05) is 13.8 Å². The van der Waals surface area contributed by atoms with Crippen LogP contribution in [0, 0.1) is 11.8 Å². The maximum absolute atomic E-state index is 12.9. The fourth-order valence-corrected chi connectivity index (χ4v) is 1.85. The third-order valence-electron chi connectivity index (χ3n) is 3.63. The second-order valence-electron chi connectivity index (χ2n) is 5.56. The summed E-state index contributed by atoms with van der Waals surface area (Å²) in [7, 11) is 0. The van der Waals surface area contributed by atoms with Crippen molar-refractivity contribution in [3.05, 3.63) is 29.3 Å². The van der Waals surface area contributed by atoms with Gasteiger partial charge in [0.1, 0.15) is 0 Å². The molecule has 0 fully saturated rings. The number of ketones is 1. The van der Waals surface area contributed by atoms with Gasteiger partial charge in [0.2, 0.25) is 5.91 Å². The van der Waals surface area contributed by atoms with Gasteiger partial charge < -0.3 is 5.32 Å². The van der Waals surface area contributed by atoms with E-state index in [4.69, 9.17) is 0 Å². The van der Waals surface area contributed by atoms with E-state index in [1.54, 1.807) is 6.92 Å². The summed E-state index contributed by atoms with van der Waals surface area (Å²) in [5, 5.41) is 2.56. The normalized spacial score (nSPS) is 13.1. The molecule has 0 saturated heterocycles. The molecule has 0 bridgehead atoms. The molecular formula is C16H20F3NO2. The molecule has 0 aliphatic carbocycles.